The Kier molecular flexibility index (Phi) is 4.10. The number of carbonyl (C=O) groups is 1. The maximum absolute atomic E-state index is 11.6. The average molecular weight is 292 g/mol. The van der Waals surface area contributed by atoms with Crippen LogP contribution < -0.4 is 11.1 Å². The molecule has 0 aliphatic heterocycles. The Hall–Kier alpha value is -1.08. The highest BCUT2D eigenvalue weighted by Gasteiger charge is 2.14. The predicted molar refractivity (Wildman–Crippen MR) is 62.4 cm³/mol. The number of thiophene rings is 1. The first kappa shape index (κ1) is 12.0. The number of halogens is 1. The molecule has 4 N–H and O–H groups in total. The van der Waals surface area contributed by atoms with Gasteiger partial charge in [0.15, 0.2) is 5.84 Å². The fourth-order valence-corrected chi connectivity index (χ4v) is 2.15. The van der Waals surface area contributed by atoms with Gasteiger partial charge in [0.1, 0.15) is 0 Å². The average Bonchev–Trinajstić information content (AvgIpc) is 2.63. The van der Waals surface area contributed by atoms with E-state index in [0.717, 1.165) is 3.79 Å². The summed E-state index contributed by atoms with van der Waals surface area (Å²) in [5.41, 5.74) is 5.33. The molecule has 0 aliphatic rings. The molecule has 0 spiro atoms. The van der Waals surface area contributed by atoms with Crippen molar-refractivity contribution in [3.8, 4) is 0 Å². The summed E-state index contributed by atoms with van der Waals surface area (Å²) in [6.07, 6.45) is 0. The van der Waals surface area contributed by atoms with Crippen LogP contribution in [0.25, 0.3) is 0 Å². The van der Waals surface area contributed by atoms with Crippen molar-refractivity contribution >= 4 is 39.0 Å². The molecule has 1 unspecified atom stereocenters. The van der Waals surface area contributed by atoms with Crippen LogP contribution in [0.3, 0.4) is 0 Å². The zero-order chi connectivity index (χ0) is 11.4. The SMILES string of the molecule is CC(NC(=O)c1ccc(Br)s1)/C(N)=N/O. The van der Waals surface area contributed by atoms with Crippen molar-refractivity contribution in [1.82, 2.24) is 5.32 Å². The van der Waals surface area contributed by atoms with Gasteiger partial charge in [-0.25, -0.2) is 0 Å². The van der Waals surface area contributed by atoms with E-state index in [1.165, 1.54) is 11.3 Å². The van der Waals surface area contributed by atoms with Gasteiger partial charge < -0.3 is 16.3 Å². The van der Waals surface area contributed by atoms with Crippen LogP contribution in [-0.4, -0.2) is 23.0 Å². The van der Waals surface area contributed by atoms with Crippen LogP contribution in [0.4, 0.5) is 0 Å². The highest BCUT2D eigenvalue weighted by atomic mass is 79.9. The van der Waals surface area contributed by atoms with E-state index in [0.29, 0.717) is 4.88 Å². The third-order valence-corrected chi connectivity index (χ3v) is 3.33. The van der Waals surface area contributed by atoms with Crippen LogP contribution >= 0.6 is 27.3 Å². The molecule has 5 nitrogen and oxygen atoms in total. The number of hydrogen-bond donors (Lipinski definition) is 3. The number of amidine groups is 1. The van der Waals surface area contributed by atoms with Gasteiger partial charge in [0.2, 0.25) is 0 Å². The lowest BCUT2D eigenvalue weighted by Gasteiger charge is -2.10. The molecule has 0 saturated carbocycles. The second-order valence-corrected chi connectivity index (χ2v) is 5.29. The summed E-state index contributed by atoms with van der Waals surface area (Å²) in [7, 11) is 0. The molecule has 0 aliphatic carbocycles. The summed E-state index contributed by atoms with van der Waals surface area (Å²) in [6, 6.07) is 2.99. The lowest BCUT2D eigenvalue weighted by molar-refractivity contribution is 0.0952. The maximum Gasteiger partial charge on any atom is 0.261 e. The third kappa shape index (κ3) is 3.21. The molecule has 1 aromatic heterocycles. The Morgan fingerprint density at radius 1 is 1.73 bits per heavy atom. The van der Waals surface area contributed by atoms with E-state index in [4.69, 9.17) is 10.9 Å². The molecule has 1 aromatic rings. The Morgan fingerprint density at radius 2 is 2.40 bits per heavy atom. The van der Waals surface area contributed by atoms with Gasteiger partial charge in [-0.1, -0.05) is 5.16 Å². The molecule has 1 rings (SSSR count). The zero-order valence-electron chi connectivity index (χ0n) is 7.90. The van der Waals surface area contributed by atoms with Crippen LogP contribution in [0.2, 0.25) is 0 Å². The molecule has 0 radical (unpaired) electrons. The van der Waals surface area contributed by atoms with Crippen LogP contribution in [-0.2, 0) is 0 Å². The molecule has 1 amide bonds. The topological polar surface area (TPSA) is 87.7 Å². The number of nitrogens with two attached hydrogens (primary N) is 1. The van der Waals surface area contributed by atoms with Crippen molar-refractivity contribution in [1.29, 1.82) is 0 Å². The van der Waals surface area contributed by atoms with Gasteiger partial charge in [-0.3, -0.25) is 4.79 Å². The molecule has 0 fully saturated rings. The van der Waals surface area contributed by atoms with E-state index in [9.17, 15) is 4.79 Å². The minimum absolute atomic E-state index is 0.0287. The number of amides is 1. The summed E-state index contributed by atoms with van der Waals surface area (Å²) in [4.78, 5) is 12.1. The molecule has 0 aromatic carbocycles. The molecular weight excluding hydrogens is 282 g/mol. The Morgan fingerprint density at radius 3 is 2.87 bits per heavy atom. The third-order valence-electron chi connectivity index (χ3n) is 1.70. The second-order valence-electron chi connectivity index (χ2n) is 2.82. The number of nitrogens with one attached hydrogen (secondary N) is 1. The van der Waals surface area contributed by atoms with Crippen molar-refractivity contribution in [2.24, 2.45) is 10.9 Å². The number of hydrogen-bond acceptors (Lipinski definition) is 4. The number of oxime groups is 1. The number of nitrogens with zero attached hydrogens (tertiary/aromatic N) is 1. The van der Waals surface area contributed by atoms with E-state index in [2.05, 4.69) is 26.4 Å². The van der Waals surface area contributed by atoms with Gasteiger partial charge in [-0.05, 0) is 35.0 Å². The summed E-state index contributed by atoms with van der Waals surface area (Å²) >= 11 is 4.58. The van der Waals surface area contributed by atoms with Crippen molar-refractivity contribution in [3.63, 3.8) is 0 Å². The normalized spacial score (nSPS) is 13.6. The van der Waals surface area contributed by atoms with Gasteiger partial charge >= 0.3 is 0 Å². The second kappa shape index (κ2) is 5.13. The van der Waals surface area contributed by atoms with E-state index in [-0.39, 0.29) is 11.7 Å². The van der Waals surface area contributed by atoms with Crippen molar-refractivity contribution in [2.45, 2.75) is 13.0 Å². The van der Waals surface area contributed by atoms with E-state index in [1.807, 2.05) is 0 Å². The minimum atomic E-state index is -0.497. The standard InChI is InChI=1S/C8H10BrN3O2S/c1-4(7(10)12-14)11-8(13)5-2-3-6(9)15-5/h2-4,14H,1H3,(H2,10,12)(H,11,13). The number of carbonyl (C=O) groups excluding carboxylic acids is 1. The molecule has 82 valence electrons. The van der Waals surface area contributed by atoms with Crippen LogP contribution in [0, 0.1) is 0 Å². The quantitative estimate of drug-likeness (QED) is 0.340. The van der Waals surface area contributed by atoms with Crippen molar-refractivity contribution < 1.29 is 10.0 Å². The summed E-state index contributed by atoms with van der Waals surface area (Å²) in [6.45, 7) is 1.63. The van der Waals surface area contributed by atoms with Gasteiger partial charge in [0.25, 0.3) is 5.91 Å². The lowest BCUT2D eigenvalue weighted by Crippen LogP contribution is -2.42. The van der Waals surface area contributed by atoms with Crippen LogP contribution in [0.1, 0.15) is 16.6 Å². The predicted octanol–water partition coefficient (Wildman–Crippen LogP) is 1.38. The highest BCUT2D eigenvalue weighted by Crippen LogP contribution is 2.21. The zero-order valence-corrected chi connectivity index (χ0v) is 10.3. The minimum Gasteiger partial charge on any atom is -0.409 e. The largest absolute Gasteiger partial charge is 0.409 e. The first-order chi connectivity index (χ1) is 7.04. The molecule has 7 heteroatoms. The van der Waals surface area contributed by atoms with Gasteiger partial charge in [-0.2, -0.15) is 0 Å². The molecular formula is C8H10BrN3O2S. The first-order valence-electron chi connectivity index (χ1n) is 4.08. The fourth-order valence-electron chi connectivity index (χ4n) is 0.865. The molecule has 1 heterocycles. The van der Waals surface area contributed by atoms with Gasteiger partial charge in [-0.15, -0.1) is 11.3 Å². The van der Waals surface area contributed by atoms with E-state index < -0.39 is 6.04 Å². The molecule has 0 bridgehead atoms. The number of rotatable bonds is 3. The Balaban J connectivity index is 2.64. The van der Waals surface area contributed by atoms with Crippen molar-refractivity contribution in [3.05, 3.63) is 20.8 Å². The summed E-state index contributed by atoms with van der Waals surface area (Å²) in [5.74, 6) is -0.274. The Bertz CT molecular complexity index is 391. The Labute approximate surface area is 99.1 Å². The highest BCUT2D eigenvalue weighted by molar-refractivity contribution is 9.11. The van der Waals surface area contributed by atoms with E-state index >= 15 is 0 Å². The maximum atomic E-state index is 11.6. The van der Waals surface area contributed by atoms with Crippen LogP contribution in [0.15, 0.2) is 21.1 Å². The smallest absolute Gasteiger partial charge is 0.261 e. The van der Waals surface area contributed by atoms with Crippen molar-refractivity contribution in [2.75, 3.05) is 0 Å². The van der Waals surface area contributed by atoms with Gasteiger partial charge in [0, 0.05) is 0 Å². The summed E-state index contributed by atoms with van der Waals surface area (Å²) in [5, 5.41) is 13.8. The lowest BCUT2D eigenvalue weighted by atomic mass is 10.3. The molecule has 15 heavy (non-hydrogen) atoms. The molecule has 0 saturated heterocycles. The fraction of sp³-hybridized carbons (Fsp3) is 0.250. The monoisotopic (exact) mass is 291 g/mol. The molecule has 1 atom stereocenters. The van der Waals surface area contributed by atoms with Gasteiger partial charge in [0.05, 0.1) is 14.7 Å². The summed E-state index contributed by atoms with van der Waals surface area (Å²) < 4.78 is 0.879. The van der Waals surface area contributed by atoms with Crippen LogP contribution in [0.5, 0.6) is 0 Å². The first-order valence-corrected chi connectivity index (χ1v) is 5.69. The van der Waals surface area contributed by atoms with E-state index in [1.54, 1.807) is 19.1 Å².